The van der Waals surface area contributed by atoms with Gasteiger partial charge in [0.25, 0.3) is 0 Å². The average molecular weight is 361 g/mol. The Labute approximate surface area is 150 Å². The summed E-state index contributed by atoms with van der Waals surface area (Å²) in [6, 6.07) is 8.95. The van der Waals surface area contributed by atoms with E-state index in [0.717, 1.165) is 6.07 Å². The fraction of sp³-hybridized carbons (Fsp3) is 0.316. The smallest absolute Gasteiger partial charge is 0.193 e. The number of halogens is 2. The Kier molecular flexibility index (Phi) is 5.25. The SMILES string of the molecule is COc1ccc(OC)c(NC(N)=NC2CC(c3cc(F)cc(F)c3)C2)c1. The molecular formula is C19H21F2N3O2. The van der Waals surface area contributed by atoms with Gasteiger partial charge in [0.05, 0.1) is 25.9 Å². The maximum atomic E-state index is 13.3. The van der Waals surface area contributed by atoms with Crippen LogP contribution in [0.25, 0.3) is 0 Å². The van der Waals surface area contributed by atoms with Crippen LogP contribution in [0.15, 0.2) is 41.4 Å². The fourth-order valence-corrected chi connectivity index (χ4v) is 3.05. The zero-order chi connectivity index (χ0) is 18.7. The zero-order valence-electron chi connectivity index (χ0n) is 14.6. The molecule has 3 N–H and O–H groups in total. The van der Waals surface area contributed by atoms with Crippen molar-refractivity contribution in [3.05, 3.63) is 53.6 Å². The summed E-state index contributed by atoms with van der Waals surface area (Å²) in [6.45, 7) is 0. The molecular weight excluding hydrogens is 340 g/mol. The topological polar surface area (TPSA) is 68.9 Å². The molecule has 1 aliphatic rings. The molecule has 0 unspecified atom stereocenters. The normalized spacial score (nSPS) is 19.6. The van der Waals surface area contributed by atoms with Crippen LogP contribution < -0.4 is 20.5 Å². The maximum Gasteiger partial charge on any atom is 0.193 e. The lowest BCUT2D eigenvalue weighted by molar-refractivity contribution is 0.351. The van der Waals surface area contributed by atoms with E-state index in [4.69, 9.17) is 15.2 Å². The van der Waals surface area contributed by atoms with Crippen molar-refractivity contribution in [1.29, 1.82) is 0 Å². The third-order valence-corrected chi connectivity index (χ3v) is 4.46. The second-order valence-electron chi connectivity index (χ2n) is 6.23. The number of ether oxygens (including phenoxy) is 2. The second kappa shape index (κ2) is 7.59. The molecule has 0 saturated heterocycles. The van der Waals surface area contributed by atoms with Crippen LogP contribution in [0.5, 0.6) is 11.5 Å². The van der Waals surface area contributed by atoms with E-state index < -0.39 is 11.6 Å². The van der Waals surface area contributed by atoms with E-state index in [9.17, 15) is 8.78 Å². The Morgan fingerprint density at radius 1 is 1.08 bits per heavy atom. The first-order valence-electron chi connectivity index (χ1n) is 8.26. The third kappa shape index (κ3) is 4.04. The maximum absolute atomic E-state index is 13.3. The third-order valence-electron chi connectivity index (χ3n) is 4.46. The number of rotatable bonds is 5. The van der Waals surface area contributed by atoms with Crippen LogP contribution in [0.1, 0.15) is 24.3 Å². The van der Waals surface area contributed by atoms with Gasteiger partial charge in [0, 0.05) is 12.1 Å². The van der Waals surface area contributed by atoms with Gasteiger partial charge in [0.15, 0.2) is 5.96 Å². The van der Waals surface area contributed by atoms with E-state index in [1.807, 2.05) is 0 Å². The van der Waals surface area contributed by atoms with Gasteiger partial charge < -0.3 is 20.5 Å². The molecule has 0 radical (unpaired) electrons. The highest BCUT2D eigenvalue weighted by Gasteiger charge is 2.31. The fourth-order valence-electron chi connectivity index (χ4n) is 3.05. The van der Waals surface area contributed by atoms with Crippen molar-refractivity contribution in [2.24, 2.45) is 10.7 Å². The van der Waals surface area contributed by atoms with Gasteiger partial charge in [-0.15, -0.1) is 0 Å². The van der Waals surface area contributed by atoms with Gasteiger partial charge >= 0.3 is 0 Å². The number of hydrogen-bond donors (Lipinski definition) is 2. The highest BCUT2D eigenvalue weighted by atomic mass is 19.1. The molecule has 0 heterocycles. The number of hydrogen-bond acceptors (Lipinski definition) is 3. The number of nitrogens with zero attached hydrogens (tertiary/aromatic N) is 1. The van der Waals surface area contributed by atoms with Gasteiger partial charge in [-0.05, 0) is 48.6 Å². The molecule has 1 aliphatic carbocycles. The minimum absolute atomic E-state index is 0.00966. The lowest BCUT2D eigenvalue weighted by Gasteiger charge is -2.33. The van der Waals surface area contributed by atoms with Crippen LogP contribution in [-0.2, 0) is 0 Å². The van der Waals surface area contributed by atoms with Crippen molar-refractivity contribution in [3.63, 3.8) is 0 Å². The van der Waals surface area contributed by atoms with Gasteiger partial charge in [-0.25, -0.2) is 13.8 Å². The van der Waals surface area contributed by atoms with Crippen LogP contribution in [0.3, 0.4) is 0 Å². The van der Waals surface area contributed by atoms with E-state index in [0.29, 0.717) is 35.6 Å². The summed E-state index contributed by atoms with van der Waals surface area (Å²) in [5.74, 6) is 0.513. The van der Waals surface area contributed by atoms with Gasteiger partial charge in [-0.2, -0.15) is 0 Å². The van der Waals surface area contributed by atoms with Crippen molar-refractivity contribution in [2.45, 2.75) is 24.8 Å². The summed E-state index contributed by atoms with van der Waals surface area (Å²) < 4.78 is 37.1. The molecule has 1 saturated carbocycles. The van der Waals surface area contributed by atoms with Gasteiger partial charge in [0.1, 0.15) is 23.1 Å². The Morgan fingerprint density at radius 3 is 2.38 bits per heavy atom. The number of benzene rings is 2. The summed E-state index contributed by atoms with van der Waals surface area (Å²) in [5.41, 5.74) is 7.30. The van der Waals surface area contributed by atoms with E-state index >= 15 is 0 Å². The Balaban J connectivity index is 1.63. The number of anilines is 1. The lowest BCUT2D eigenvalue weighted by Crippen LogP contribution is -2.31. The van der Waals surface area contributed by atoms with E-state index in [2.05, 4.69) is 10.3 Å². The van der Waals surface area contributed by atoms with Crippen molar-refractivity contribution >= 4 is 11.6 Å². The summed E-state index contributed by atoms with van der Waals surface area (Å²) in [4.78, 5) is 4.43. The predicted molar refractivity (Wildman–Crippen MR) is 96.9 cm³/mol. The number of nitrogens with two attached hydrogens (primary N) is 1. The number of methoxy groups -OCH3 is 2. The monoisotopic (exact) mass is 361 g/mol. The first-order valence-corrected chi connectivity index (χ1v) is 8.26. The van der Waals surface area contributed by atoms with Crippen LogP contribution in [-0.4, -0.2) is 26.2 Å². The Hall–Kier alpha value is -2.83. The molecule has 0 aromatic heterocycles. The molecule has 0 atom stereocenters. The Bertz CT molecular complexity index is 800. The second-order valence-corrected chi connectivity index (χ2v) is 6.23. The molecule has 138 valence electrons. The zero-order valence-corrected chi connectivity index (χ0v) is 14.6. The molecule has 2 aromatic carbocycles. The summed E-state index contributed by atoms with van der Waals surface area (Å²) in [7, 11) is 3.14. The Morgan fingerprint density at radius 2 is 1.77 bits per heavy atom. The standard InChI is InChI=1S/C19H21F2N3O2/c1-25-16-3-4-18(26-2)17(10-16)24-19(22)23-15-7-12(8-15)11-5-13(20)9-14(21)6-11/h3-6,9-10,12,15H,7-8H2,1-2H3,(H3,22,23,24). The predicted octanol–water partition coefficient (Wildman–Crippen LogP) is 3.65. The van der Waals surface area contributed by atoms with Crippen molar-refractivity contribution in [3.8, 4) is 11.5 Å². The van der Waals surface area contributed by atoms with E-state index in [-0.39, 0.29) is 17.9 Å². The summed E-state index contributed by atoms with van der Waals surface area (Å²) in [5, 5.41) is 3.01. The van der Waals surface area contributed by atoms with Gasteiger partial charge in [0.2, 0.25) is 0 Å². The van der Waals surface area contributed by atoms with Crippen molar-refractivity contribution in [1.82, 2.24) is 0 Å². The summed E-state index contributed by atoms with van der Waals surface area (Å²) >= 11 is 0. The van der Waals surface area contributed by atoms with Crippen LogP contribution in [0.2, 0.25) is 0 Å². The molecule has 0 spiro atoms. The molecule has 26 heavy (non-hydrogen) atoms. The van der Waals surface area contributed by atoms with Gasteiger partial charge in [-0.1, -0.05) is 0 Å². The first kappa shape index (κ1) is 18.0. The first-order chi connectivity index (χ1) is 12.5. The molecule has 5 nitrogen and oxygen atoms in total. The van der Waals surface area contributed by atoms with Crippen molar-refractivity contribution in [2.75, 3.05) is 19.5 Å². The molecule has 0 bridgehead atoms. The molecule has 0 aliphatic heterocycles. The summed E-state index contributed by atoms with van der Waals surface area (Å²) in [6.07, 6.45) is 1.39. The number of guanidine groups is 1. The highest BCUT2D eigenvalue weighted by Crippen LogP contribution is 2.39. The minimum atomic E-state index is -0.557. The highest BCUT2D eigenvalue weighted by molar-refractivity contribution is 5.94. The minimum Gasteiger partial charge on any atom is -0.497 e. The van der Waals surface area contributed by atoms with Crippen LogP contribution in [0, 0.1) is 11.6 Å². The molecule has 2 aromatic rings. The van der Waals surface area contributed by atoms with Crippen LogP contribution >= 0.6 is 0 Å². The number of nitrogens with one attached hydrogen (secondary N) is 1. The quantitative estimate of drug-likeness (QED) is 0.630. The number of aliphatic imine (C=N–C) groups is 1. The largest absolute Gasteiger partial charge is 0.497 e. The van der Waals surface area contributed by atoms with Crippen molar-refractivity contribution < 1.29 is 18.3 Å². The lowest BCUT2D eigenvalue weighted by atomic mass is 9.76. The molecule has 3 rings (SSSR count). The average Bonchev–Trinajstić information content (AvgIpc) is 2.56. The van der Waals surface area contributed by atoms with Crippen LogP contribution in [0.4, 0.5) is 14.5 Å². The molecule has 0 amide bonds. The van der Waals surface area contributed by atoms with E-state index in [1.165, 1.54) is 12.1 Å². The van der Waals surface area contributed by atoms with Gasteiger partial charge in [-0.3, -0.25) is 0 Å². The van der Waals surface area contributed by atoms with E-state index in [1.54, 1.807) is 32.4 Å². The molecule has 1 fully saturated rings. The molecule has 7 heteroatoms.